The summed E-state index contributed by atoms with van der Waals surface area (Å²) in [7, 11) is 0. The van der Waals surface area contributed by atoms with Crippen LogP contribution in [0.5, 0.6) is 0 Å². The largest absolute Gasteiger partial charge is 0.370 e. The molecule has 0 bridgehead atoms. The van der Waals surface area contributed by atoms with E-state index in [1.165, 1.54) is 18.4 Å². The molecule has 3 rings (SSSR count). The van der Waals surface area contributed by atoms with E-state index in [2.05, 4.69) is 6.08 Å². The molecule has 0 unspecified atom stereocenters. The summed E-state index contributed by atoms with van der Waals surface area (Å²) in [4.78, 5) is 0. The number of rotatable bonds is 2. The fourth-order valence-electron chi connectivity index (χ4n) is 3.41. The van der Waals surface area contributed by atoms with Gasteiger partial charge in [0.25, 0.3) is 0 Å². The van der Waals surface area contributed by atoms with Gasteiger partial charge in [0.15, 0.2) is 5.79 Å². The first kappa shape index (κ1) is 10.8. The predicted octanol–water partition coefficient (Wildman–Crippen LogP) is 2.41. The smallest absolute Gasteiger partial charge is 0.169 e. The van der Waals surface area contributed by atoms with Gasteiger partial charge >= 0.3 is 0 Å². The average molecular weight is 224 g/mol. The SMILES string of the molecule is CCO[C@@]1(C)C[C@@H]2OCC3=CCCC[C@]32O1. The van der Waals surface area contributed by atoms with Crippen LogP contribution in [0.25, 0.3) is 0 Å². The van der Waals surface area contributed by atoms with Crippen molar-refractivity contribution >= 4 is 0 Å². The maximum atomic E-state index is 6.29. The molecule has 90 valence electrons. The Bertz CT molecular complexity index is 325. The summed E-state index contributed by atoms with van der Waals surface area (Å²) in [5, 5.41) is 0. The van der Waals surface area contributed by atoms with Gasteiger partial charge in [-0.2, -0.15) is 0 Å². The number of hydrogen-bond donors (Lipinski definition) is 0. The highest BCUT2D eigenvalue weighted by atomic mass is 16.7. The van der Waals surface area contributed by atoms with Crippen molar-refractivity contribution in [3.63, 3.8) is 0 Å². The van der Waals surface area contributed by atoms with E-state index in [1.807, 2.05) is 13.8 Å². The van der Waals surface area contributed by atoms with Crippen LogP contribution < -0.4 is 0 Å². The summed E-state index contributed by atoms with van der Waals surface area (Å²) in [6.07, 6.45) is 6.83. The zero-order valence-electron chi connectivity index (χ0n) is 10.1. The van der Waals surface area contributed by atoms with Crippen LogP contribution in [0.15, 0.2) is 11.6 Å². The van der Waals surface area contributed by atoms with Crippen molar-refractivity contribution in [2.45, 2.75) is 57.0 Å². The molecule has 3 atom stereocenters. The van der Waals surface area contributed by atoms with Gasteiger partial charge < -0.3 is 14.2 Å². The van der Waals surface area contributed by atoms with Crippen molar-refractivity contribution in [3.8, 4) is 0 Å². The highest BCUT2D eigenvalue weighted by Gasteiger charge is 2.60. The number of allylic oxidation sites excluding steroid dienone is 1. The van der Waals surface area contributed by atoms with Gasteiger partial charge in [-0.25, -0.2) is 0 Å². The topological polar surface area (TPSA) is 27.7 Å². The van der Waals surface area contributed by atoms with Crippen LogP contribution in [0.3, 0.4) is 0 Å². The van der Waals surface area contributed by atoms with Gasteiger partial charge in [-0.1, -0.05) is 6.08 Å². The highest BCUT2D eigenvalue weighted by molar-refractivity contribution is 5.30. The minimum Gasteiger partial charge on any atom is -0.370 e. The summed E-state index contributed by atoms with van der Waals surface area (Å²) in [5.41, 5.74) is 1.20. The quantitative estimate of drug-likeness (QED) is 0.674. The van der Waals surface area contributed by atoms with Crippen LogP contribution in [-0.2, 0) is 14.2 Å². The van der Waals surface area contributed by atoms with Gasteiger partial charge in [0.2, 0.25) is 0 Å². The van der Waals surface area contributed by atoms with E-state index in [0.717, 1.165) is 19.4 Å². The van der Waals surface area contributed by atoms with Crippen molar-refractivity contribution in [1.29, 1.82) is 0 Å². The van der Waals surface area contributed by atoms with Crippen molar-refractivity contribution in [2.24, 2.45) is 0 Å². The molecule has 2 fully saturated rings. The van der Waals surface area contributed by atoms with Crippen molar-refractivity contribution in [3.05, 3.63) is 11.6 Å². The van der Waals surface area contributed by atoms with Crippen LogP contribution >= 0.6 is 0 Å². The Morgan fingerprint density at radius 2 is 2.44 bits per heavy atom. The Hall–Kier alpha value is -0.380. The maximum Gasteiger partial charge on any atom is 0.169 e. The lowest BCUT2D eigenvalue weighted by atomic mass is 9.81. The van der Waals surface area contributed by atoms with Gasteiger partial charge in [-0.15, -0.1) is 0 Å². The molecule has 2 saturated heterocycles. The van der Waals surface area contributed by atoms with Gasteiger partial charge in [-0.05, 0) is 38.7 Å². The van der Waals surface area contributed by atoms with E-state index in [1.54, 1.807) is 0 Å². The molecule has 1 aliphatic carbocycles. The van der Waals surface area contributed by atoms with Crippen LogP contribution in [0.4, 0.5) is 0 Å². The molecule has 0 N–H and O–H groups in total. The summed E-state index contributed by atoms with van der Waals surface area (Å²) >= 11 is 0. The molecule has 3 heteroatoms. The van der Waals surface area contributed by atoms with E-state index in [4.69, 9.17) is 14.2 Å². The third-order valence-corrected chi connectivity index (χ3v) is 4.05. The van der Waals surface area contributed by atoms with E-state index in [-0.39, 0.29) is 11.7 Å². The second-order valence-corrected chi connectivity index (χ2v) is 5.18. The Morgan fingerprint density at radius 3 is 3.25 bits per heavy atom. The zero-order valence-corrected chi connectivity index (χ0v) is 10.1. The Balaban J connectivity index is 1.90. The maximum absolute atomic E-state index is 6.29. The highest BCUT2D eigenvalue weighted by Crippen LogP contribution is 2.52. The number of ether oxygens (including phenoxy) is 3. The third-order valence-electron chi connectivity index (χ3n) is 4.05. The Morgan fingerprint density at radius 1 is 1.56 bits per heavy atom. The first-order chi connectivity index (χ1) is 7.69. The second-order valence-electron chi connectivity index (χ2n) is 5.18. The molecule has 3 nitrogen and oxygen atoms in total. The molecule has 0 aromatic rings. The molecule has 2 heterocycles. The van der Waals surface area contributed by atoms with Crippen molar-refractivity contribution in [2.75, 3.05) is 13.2 Å². The first-order valence-electron chi connectivity index (χ1n) is 6.34. The van der Waals surface area contributed by atoms with E-state index >= 15 is 0 Å². The summed E-state index contributed by atoms with van der Waals surface area (Å²) in [6, 6.07) is 0. The minimum atomic E-state index is -0.448. The lowest BCUT2D eigenvalue weighted by Crippen LogP contribution is -2.40. The van der Waals surface area contributed by atoms with Crippen LogP contribution in [0.1, 0.15) is 39.5 Å². The molecule has 16 heavy (non-hydrogen) atoms. The molecule has 0 aromatic carbocycles. The van der Waals surface area contributed by atoms with Gasteiger partial charge in [-0.3, -0.25) is 0 Å². The van der Waals surface area contributed by atoms with E-state index in [0.29, 0.717) is 6.61 Å². The summed E-state index contributed by atoms with van der Waals surface area (Å²) in [6.45, 7) is 5.50. The molecule has 0 amide bonds. The molecule has 0 radical (unpaired) electrons. The summed E-state index contributed by atoms with van der Waals surface area (Å²) < 4.78 is 17.9. The fourth-order valence-corrected chi connectivity index (χ4v) is 3.41. The third kappa shape index (κ3) is 1.38. The standard InChI is InChI=1S/C13H20O3/c1-3-15-12(2)8-11-13(16-12)7-5-4-6-10(13)9-14-11/h6,11H,3-5,7-9H2,1-2H3/t11-,12+,13-/m0/s1. The van der Waals surface area contributed by atoms with Gasteiger partial charge in [0, 0.05) is 13.0 Å². The van der Waals surface area contributed by atoms with Crippen molar-refractivity contribution < 1.29 is 14.2 Å². The Labute approximate surface area is 96.8 Å². The lowest BCUT2D eigenvalue weighted by molar-refractivity contribution is -0.232. The molecule has 3 aliphatic rings. The molecule has 0 saturated carbocycles. The molecule has 1 spiro atoms. The molecular weight excluding hydrogens is 204 g/mol. The number of hydrogen-bond acceptors (Lipinski definition) is 3. The zero-order chi connectivity index (χ0) is 11.2. The van der Waals surface area contributed by atoms with E-state index < -0.39 is 5.79 Å². The lowest BCUT2D eigenvalue weighted by Gasteiger charge is -2.34. The molecule has 2 aliphatic heterocycles. The monoisotopic (exact) mass is 224 g/mol. The van der Waals surface area contributed by atoms with Crippen LogP contribution in [0.2, 0.25) is 0 Å². The minimum absolute atomic E-state index is 0.151. The molecular formula is C13H20O3. The van der Waals surface area contributed by atoms with E-state index in [9.17, 15) is 0 Å². The van der Waals surface area contributed by atoms with Crippen LogP contribution in [-0.4, -0.2) is 30.7 Å². The summed E-state index contributed by atoms with van der Waals surface area (Å²) in [5.74, 6) is -0.448. The van der Waals surface area contributed by atoms with Crippen LogP contribution in [0, 0.1) is 0 Å². The molecule has 0 aromatic heterocycles. The van der Waals surface area contributed by atoms with Gasteiger partial charge in [0.1, 0.15) is 5.60 Å². The average Bonchev–Trinajstić information content (AvgIpc) is 2.68. The van der Waals surface area contributed by atoms with Gasteiger partial charge in [0.05, 0.1) is 12.7 Å². The van der Waals surface area contributed by atoms with Crippen molar-refractivity contribution in [1.82, 2.24) is 0 Å². The first-order valence-corrected chi connectivity index (χ1v) is 6.34. The predicted molar refractivity (Wildman–Crippen MR) is 60.1 cm³/mol. The Kier molecular flexibility index (Phi) is 2.39. The second kappa shape index (κ2) is 3.56. The normalized spacial score (nSPS) is 46.4. The fraction of sp³-hybridized carbons (Fsp3) is 0.846.